The molecule has 3 aliphatic rings. The molecular formula is C22H23Cl2N3O5S2. The smallest absolute Gasteiger partial charge is 0.411 e. The SMILES string of the molecule is O=C(NC1=C(C(=O)O)N2C(=O)C(NC(=S)Cc3cc(Cl)ccc3Cl)[C@@H]2SC1)OC1CCCCC1. The van der Waals surface area contributed by atoms with Crippen molar-refractivity contribution in [2.75, 3.05) is 5.75 Å². The Bertz CT molecular complexity index is 1060. The minimum atomic E-state index is -1.29. The zero-order chi connectivity index (χ0) is 24.4. The molecule has 3 N–H and O–H groups in total. The van der Waals surface area contributed by atoms with E-state index in [0.717, 1.165) is 37.7 Å². The minimum absolute atomic E-state index is 0.148. The first-order valence-corrected chi connectivity index (χ1v) is 13.1. The highest BCUT2D eigenvalue weighted by Gasteiger charge is 2.54. The van der Waals surface area contributed by atoms with E-state index in [1.807, 2.05) is 0 Å². The normalized spacial score (nSPS) is 22.5. The van der Waals surface area contributed by atoms with Crippen LogP contribution >= 0.6 is 47.2 Å². The van der Waals surface area contributed by atoms with E-state index in [0.29, 0.717) is 15.0 Å². The second-order valence-corrected chi connectivity index (χ2v) is 10.7. The third-order valence-electron chi connectivity index (χ3n) is 5.92. The highest BCUT2D eigenvalue weighted by Crippen LogP contribution is 2.40. The number of carbonyl (C=O) groups excluding carboxylic acids is 2. The number of nitrogens with one attached hydrogen (secondary N) is 2. The van der Waals surface area contributed by atoms with E-state index in [1.54, 1.807) is 18.2 Å². The van der Waals surface area contributed by atoms with Gasteiger partial charge in [0.2, 0.25) is 0 Å². The van der Waals surface area contributed by atoms with Crippen molar-refractivity contribution in [3.8, 4) is 0 Å². The quantitative estimate of drug-likeness (QED) is 0.363. The second kappa shape index (κ2) is 10.7. The fourth-order valence-electron chi connectivity index (χ4n) is 4.28. The van der Waals surface area contributed by atoms with Gasteiger partial charge in [-0.25, -0.2) is 9.59 Å². The number of alkyl carbamates (subject to hydrolysis) is 1. The Hall–Kier alpha value is -2.01. The second-order valence-electron chi connectivity index (χ2n) is 8.29. The molecule has 182 valence electrons. The lowest BCUT2D eigenvalue weighted by Gasteiger charge is -2.49. The van der Waals surface area contributed by atoms with Crippen molar-refractivity contribution in [2.45, 2.75) is 56.0 Å². The van der Waals surface area contributed by atoms with Gasteiger partial charge in [0.15, 0.2) is 5.70 Å². The number of carboxylic acid groups (broad SMARTS) is 1. The predicted octanol–water partition coefficient (Wildman–Crippen LogP) is 4.09. The number of aliphatic carboxylic acids is 1. The van der Waals surface area contributed by atoms with Crippen LogP contribution in [0, 0.1) is 0 Å². The third kappa shape index (κ3) is 5.45. The van der Waals surface area contributed by atoms with Gasteiger partial charge in [0.1, 0.15) is 17.5 Å². The van der Waals surface area contributed by atoms with Crippen LogP contribution in [0.5, 0.6) is 0 Å². The highest BCUT2D eigenvalue weighted by atomic mass is 35.5. The topological polar surface area (TPSA) is 108 Å². The number of fused-ring (bicyclic) bond motifs is 1. The summed E-state index contributed by atoms with van der Waals surface area (Å²) < 4.78 is 5.44. The summed E-state index contributed by atoms with van der Waals surface area (Å²) in [5, 5.41) is 15.9. The standard InChI is InChI=1S/C22H23Cl2N3O5S2/c23-12-6-7-14(24)11(8-12)9-16(33)26-17-19(28)27-18(21(29)30)15(10-34-20(17)27)25-22(31)32-13-4-2-1-3-5-13/h6-8,13,17,20H,1-5,9-10H2,(H,25,31)(H,26,33)(H,29,30)/t17?,20-/m0/s1. The number of rotatable bonds is 6. The van der Waals surface area contributed by atoms with Crippen molar-refractivity contribution >= 4 is 70.1 Å². The van der Waals surface area contributed by atoms with Gasteiger partial charge in [-0.3, -0.25) is 15.0 Å². The predicted molar refractivity (Wildman–Crippen MR) is 134 cm³/mol. The Morgan fingerprint density at radius 1 is 1.24 bits per heavy atom. The summed E-state index contributed by atoms with van der Waals surface area (Å²) in [6.45, 7) is 0. The zero-order valence-corrected chi connectivity index (χ0v) is 21.2. The van der Waals surface area contributed by atoms with E-state index in [1.165, 1.54) is 16.7 Å². The molecule has 34 heavy (non-hydrogen) atoms. The Kier molecular flexibility index (Phi) is 7.91. The molecule has 2 heterocycles. The third-order valence-corrected chi connectivity index (χ3v) is 8.07. The van der Waals surface area contributed by atoms with E-state index < -0.39 is 29.4 Å². The maximum atomic E-state index is 12.9. The average Bonchev–Trinajstić information content (AvgIpc) is 2.80. The summed E-state index contributed by atoms with van der Waals surface area (Å²) in [4.78, 5) is 38.8. The van der Waals surface area contributed by atoms with Crippen molar-refractivity contribution in [1.82, 2.24) is 15.5 Å². The monoisotopic (exact) mass is 543 g/mol. The number of benzene rings is 1. The van der Waals surface area contributed by atoms with Crippen molar-refractivity contribution in [2.24, 2.45) is 0 Å². The molecule has 8 nitrogen and oxygen atoms in total. The summed E-state index contributed by atoms with van der Waals surface area (Å²) in [6, 6.07) is 4.37. The van der Waals surface area contributed by atoms with Gasteiger partial charge >= 0.3 is 12.1 Å². The maximum absolute atomic E-state index is 12.9. The van der Waals surface area contributed by atoms with Crippen LogP contribution in [0.2, 0.25) is 10.0 Å². The largest absolute Gasteiger partial charge is 0.477 e. The molecule has 0 aromatic heterocycles. The van der Waals surface area contributed by atoms with Crippen molar-refractivity contribution in [3.63, 3.8) is 0 Å². The molecule has 12 heteroatoms. The molecule has 0 radical (unpaired) electrons. The van der Waals surface area contributed by atoms with Crippen LogP contribution in [0.1, 0.15) is 37.7 Å². The Morgan fingerprint density at radius 3 is 2.68 bits per heavy atom. The van der Waals surface area contributed by atoms with Gasteiger partial charge in [-0.2, -0.15) is 0 Å². The molecule has 1 aromatic rings. The molecule has 1 aliphatic carbocycles. The van der Waals surface area contributed by atoms with Crippen molar-refractivity contribution in [3.05, 3.63) is 45.2 Å². The van der Waals surface area contributed by atoms with Crippen molar-refractivity contribution < 1.29 is 24.2 Å². The number of carboxylic acids is 1. The number of nitrogens with zero attached hydrogens (tertiary/aromatic N) is 1. The molecule has 1 saturated heterocycles. The van der Waals surface area contributed by atoms with Gasteiger partial charge < -0.3 is 15.2 Å². The Labute approximate surface area is 216 Å². The highest BCUT2D eigenvalue weighted by molar-refractivity contribution is 8.00. The molecule has 2 fully saturated rings. The van der Waals surface area contributed by atoms with E-state index in [9.17, 15) is 19.5 Å². The number of β-lactam (4-membered cyclic amide) rings is 1. The summed E-state index contributed by atoms with van der Waals surface area (Å²) in [7, 11) is 0. The number of carbonyl (C=O) groups is 3. The van der Waals surface area contributed by atoms with E-state index in [4.69, 9.17) is 40.2 Å². The van der Waals surface area contributed by atoms with Crippen LogP contribution in [0.3, 0.4) is 0 Å². The van der Waals surface area contributed by atoms with Crippen LogP contribution in [-0.4, -0.2) is 56.2 Å². The van der Waals surface area contributed by atoms with Crippen LogP contribution in [-0.2, 0) is 20.7 Å². The van der Waals surface area contributed by atoms with Gasteiger partial charge in [-0.05, 0) is 49.4 Å². The van der Waals surface area contributed by atoms with Crippen LogP contribution < -0.4 is 10.6 Å². The Morgan fingerprint density at radius 2 is 1.97 bits per heavy atom. The van der Waals surface area contributed by atoms with E-state index in [-0.39, 0.29) is 29.7 Å². The number of thiocarbonyl (C=S) groups is 1. The summed E-state index contributed by atoms with van der Waals surface area (Å²) >= 11 is 19.0. The first-order chi connectivity index (χ1) is 16.2. The van der Waals surface area contributed by atoms with Gasteiger partial charge in [0.25, 0.3) is 5.91 Å². The molecule has 1 saturated carbocycles. The van der Waals surface area contributed by atoms with Gasteiger partial charge in [0.05, 0.1) is 10.7 Å². The van der Waals surface area contributed by atoms with Crippen LogP contribution in [0.4, 0.5) is 4.79 Å². The number of amides is 2. The first kappa shape index (κ1) is 25.1. The number of halogens is 2. The average molecular weight is 544 g/mol. The Balaban J connectivity index is 1.40. The summed E-state index contributed by atoms with van der Waals surface area (Å²) in [6.07, 6.45) is 4.15. The van der Waals surface area contributed by atoms with E-state index in [2.05, 4.69) is 10.6 Å². The molecular weight excluding hydrogens is 521 g/mol. The van der Waals surface area contributed by atoms with Gasteiger partial charge in [0, 0.05) is 22.2 Å². The summed E-state index contributed by atoms with van der Waals surface area (Å²) in [5.74, 6) is -1.52. The number of thioether (sulfide) groups is 1. The first-order valence-electron chi connectivity index (χ1n) is 10.9. The van der Waals surface area contributed by atoms with Crippen LogP contribution in [0.15, 0.2) is 29.6 Å². The molecule has 2 aliphatic heterocycles. The number of ether oxygens (including phenoxy) is 1. The lowest BCUT2D eigenvalue weighted by atomic mass is 9.98. The minimum Gasteiger partial charge on any atom is -0.477 e. The molecule has 1 unspecified atom stereocenters. The van der Waals surface area contributed by atoms with Crippen molar-refractivity contribution in [1.29, 1.82) is 0 Å². The van der Waals surface area contributed by atoms with Crippen LogP contribution in [0.25, 0.3) is 0 Å². The fraction of sp³-hybridized carbons (Fsp3) is 0.455. The van der Waals surface area contributed by atoms with E-state index >= 15 is 0 Å². The van der Waals surface area contributed by atoms with Gasteiger partial charge in [-0.1, -0.05) is 41.8 Å². The zero-order valence-electron chi connectivity index (χ0n) is 18.0. The number of hydrogen-bond acceptors (Lipinski definition) is 6. The number of hydrogen-bond donors (Lipinski definition) is 3. The molecule has 0 spiro atoms. The molecule has 1 aromatic carbocycles. The van der Waals surface area contributed by atoms with Gasteiger partial charge in [-0.15, -0.1) is 11.8 Å². The molecule has 2 amide bonds. The maximum Gasteiger partial charge on any atom is 0.411 e. The fourth-order valence-corrected chi connectivity index (χ4v) is 6.22. The lowest BCUT2D eigenvalue weighted by Crippen LogP contribution is -2.70. The lowest BCUT2D eigenvalue weighted by molar-refractivity contribution is -0.148. The summed E-state index contributed by atoms with van der Waals surface area (Å²) in [5.41, 5.74) is 0.631. The molecule has 4 rings (SSSR count). The molecule has 2 atom stereocenters. The molecule has 0 bridgehead atoms.